The van der Waals surface area contributed by atoms with Crippen LogP contribution in [0.25, 0.3) is 0 Å². The van der Waals surface area contributed by atoms with Gasteiger partial charge in [0.2, 0.25) is 11.8 Å². The van der Waals surface area contributed by atoms with Gasteiger partial charge in [-0.25, -0.2) is 0 Å². The van der Waals surface area contributed by atoms with E-state index in [1.54, 1.807) is 6.07 Å². The highest BCUT2D eigenvalue weighted by molar-refractivity contribution is 6.04. The van der Waals surface area contributed by atoms with Gasteiger partial charge in [0.05, 0.1) is 12.7 Å². The number of nitrogen functional groups attached to an aromatic ring is 1. The number of carbonyl (C=O) groups is 3. The third kappa shape index (κ3) is 2.87. The third-order valence-corrected chi connectivity index (χ3v) is 3.01. The van der Waals surface area contributed by atoms with Gasteiger partial charge in [0.25, 0.3) is 5.91 Å². The van der Waals surface area contributed by atoms with Crippen LogP contribution in [-0.4, -0.2) is 30.9 Å². The summed E-state index contributed by atoms with van der Waals surface area (Å²) in [6, 6.07) is 3.90. The lowest BCUT2D eigenvalue weighted by atomic mass is 10.1. The maximum atomic E-state index is 12.1. The number of nitrogens with one attached hydrogen (secondary N) is 2. The Bertz CT molecular complexity index is 571. The van der Waals surface area contributed by atoms with Crippen LogP contribution in [0.1, 0.15) is 23.2 Å². The summed E-state index contributed by atoms with van der Waals surface area (Å²) in [5, 5.41) is 4.76. The van der Waals surface area contributed by atoms with Crippen LogP contribution in [0, 0.1) is 0 Å². The summed E-state index contributed by atoms with van der Waals surface area (Å²) in [4.78, 5) is 34.8. The lowest BCUT2D eigenvalue weighted by molar-refractivity contribution is -0.134. The Morgan fingerprint density at radius 3 is 2.85 bits per heavy atom. The van der Waals surface area contributed by atoms with Crippen molar-refractivity contribution >= 4 is 23.4 Å². The van der Waals surface area contributed by atoms with E-state index in [4.69, 9.17) is 10.5 Å². The number of piperidine rings is 1. The molecule has 0 bridgehead atoms. The molecule has 1 saturated heterocycles. The van der Waals surface area contributed by atoms with Gasteiger partial charge in [-0.3, -0.25) is 19.7 Å². The first-order chi connectivity index (χ1) is 9.51. The molecular weight excluding hydrogens is 262 g/mol. The van der Waals surface area contributed by atoms with Crippen molar-refractivity contribution < 1.29 is 19.1 Å². The minimum Gasteiger partial charge on any atom is -0.496 e. The van der Waals surface area contributed by atoms with E-state index in [1.165, 1.54) is 19.2 Å². The zero-order valence-corrected chi connectivity index (χ0v) is 10.9. The van der Waals surface area contributed by atoms with E-state index in [2.05, 4.69) is 10.6 Å². The molecule has 20 heavy (non-hydrogen) atoms. The van der Waals surface area contributed by atoms with Crippen LogP contribution in [0.4, 0.5) is 5.69 Å². The fourth-order valence-electron chi connectivity index (χ4n) is 1.96. The molecule has 1 atom stereocenters. The van der Waals surface area contributed by atoms with Gasteiger partial charge in [-0.05, 0) is 18.6 Å². The average molecular weight is 277 g/mol. The van der Waals surface area contributed by atoms with Crippen molar-refractivity contribution in [3.8, 4) is 5.75 Å². The van der Waals surface area contributed by atoms with E-state index in [0.29, 0.717) is 11.4 Å². The van der Waals surface area contributed by atoms with E-state index < -0.39 is 17.9 Å². The largest absolute Gasteiger partial charge is 0.496 e. The van der Waals surface area contributed by atoms with Gasteiger partial charge in [-0.15, -0.1) is 0 Å². The number of carbonyl (C=O) groups excluding carboxylic acids is 3. The van der Waals surface area contributed by atoms with Crippen LogP contribution >= 0.6 is 0 Å². The highest BCUT2D eigenvalue weighted by atomic mass is 16.5. The van der Waals surface area contributed by atoms with Crippen molar-refractivity contribution in [3.05, 3.63) is 23.8 Å². The highest BCUT2D eigenvalue weighted by Gasteiger charge is 2.28. The molecule has 7 nitrogen and oxygen atoms in total. The minimum absolute atomic E-state index is 0.204. The highest BCUT2D eigenvalue weighted by Crippen LogP contribution is 2.21. The molecule has 106 valence electrons. The van der Waals surface area contributed by atoms with E-state index in [9.17, 15) is 14.4 Å². The molecule has 7 heteroatoms. The molecule has 0 aromatic heterocycles. The monoisotopic (exact) mass is 277 g/mol. The first-order valence-corrected chi connectivity index (χ1v) is 6.09. The molecule has 4 N–H and O–H groups in total. The Morgan fingerprint density at radius 1 is 1.45 bits per heavy atom. The van der Waals surface area contributed by atoms with Crippen molar-refractivity contribution in [1.82, 2.24) is 10.6 Å². The molecule has 1 fully saturated rings. The Labute approximate surface area is 115 Å². The molecule has 1 aromatic rings. The molecule has 0 saturated carbocycles. The fraction of sp³-hybridized carbons (Fsp3) is 0.308. The van der Waals surface area contributed by atoms with Crippen LogP contribution < -0.4 is 21.1 Å². The van der Waals surface area contributed by atoms with Crippen molar-refractivity contribution in [1.29, 1.82) is 0 Å². The average Bonchev–Trinajstić information content (AvgIpc) is 2.41. The van der Waals surface area contributed by atoms with Crippen molar-refractivity contribution in [2.45, 2.75) is 18.9 Å². The predicted octanol–water partition coefficient (Wildman–Crippen LogP) is -0.188. The number of anilines is 1. The van der Waals surface area contributed by atoms with E-state index >= 15 is 0 Å². The second kappa shape index (κ2) is 5.60. The molecule has 2 rings (SSSR count). The molecule has 0 aliphatic carbocycles. The molecule has 1 aromatic carbocycles. The van der Waals surface area contributed by atoms with E-state index in [0.717, 1.165) is 0 Å². The Balaban J connectivity index is 2.12. The van der Waals surface area contributed by atoms with Crippen LogP contribution in [0.3, 0.4) is 0 Å². The summed E-state index contributed by atoms with van der Waals surface area (Å²) >= 11 is 0. The Hall–Kier alpha value is -2.57. The number of rotatable bonds is 3. The van der Waals surface area contributed by atoms with Crippen LogP contribution in [0.15, 0.2) is 18.2 Å². The van der Waals surface area contributed by atoms with Gasteiger partial charge >= 0.3 is 0 Å². The lowest BCUT2D eigenvalue weighted by Gasteiger charge is -2.22. The van der Waals surface area contributed by atoms with Crippen LogP contribution in [-0.2, 0) is 9.59 Å². The first kappa shape index (κ1) is 13.9. The maximum Gasteiger partial charge on any atom is 0.255 e. The van der Waals surface area contributed by atoms with Crippen molar-refractivity contribution in [3.63, 3.8) is 0 Å². The number of hydrogen-bond acceptors (Lipinski definition) is 5. The summed E-state index contributed by atoms with van der Waals surface area (Å²) < 4.78 is 5.08. The number of benzene rings is 1. The summed E-state index contributed by atoms with van der Waals surface area (Å²) in [6.45, 7) is 0. The smallest absolute Gasteiger partial charge is 0.255 e. The molecule has 0 unspecified atom stereocenters. The van der Waals surface area contributed by atoms with Gasteiger partial charge in [0.15, 0.2) is 0 Å². The number of nitrogens with two attached hydrogens (primary N) is 1. The SMILES string of the molecule is COc1cc(N)ccc1C(=O)N[C@H]1CCC(=O)NC1=O. The summed E-state index contributed by atoms with van der Waals surface area (Å²) in [7, 11) is 1.43. The zero-order valence-electron chi connectivity index (χ0n) is 10.9. The second-order valence-electron chi connectivity index (χ2n) is 4.44. The van der Waals surface area contributed by atoms with Gasteiger partial charge in [-0.1, -0.05) is 0 Å². The lowest BCUT2D eigenvalue weighted by Crippen LogP contribution is -2.52. The molecule has 1 aliphatic rings. The predicted molar refractivity (Wildman–Crippen MR) is 71.0 cm³/mol. The fourth-order valence-corrected chi connectivity index (χ4v) is 1.96. The first-order valence-electron chi connectivity index (χ1n) is 6.09. The summed E-state index contributed by atoms with van der Waals surface area (Å²) in [5.41, 5.74) is 6.37. The van der Waals surface area contributed by atoms with E-state index in [-0.39, 0.29) is 24.3 Å². The number of methoxy groups -OCH3 is 1. The standard InChI is InChI=1S/C13H15N3O4/c1-20-10-6-7(14)2-3-8(10)12(18)15-9-4-5-11(17)16-13(9)19/h2-3,6,9H,4-5,14H2,1H3,(H,15,18)(H,16,17,19)/t9-/m0/s1. The third-order valence-electron chi connectivity index (χ3n) is 3.01. The number of hydrogen-bond donors (Lipinski definition) is 3. The molecule has 3 amide bonds. The number of imide groups is 1. The van der Waals surface area contributed by atoms with Crippen LogP contribution in [0.5, 0.6) is 5.75 Å². The Morgan fingerprint density at radius 2 is 2.20 bits per heavy atom. The van der Waals surface area contributed by atoms with Crippen LogP contribution in [0.2, 0.25) is 0 Å². The van der Waals surface area contributed by atoms with Crippen molar-refractivity contribution in [2.24, 2.45) is 0 Å². The number of ether oxygens (including phenoxy) is 1. The molecule has 1 heterocycles. The van der Waals surface area contributed by atoms with E-state index in [1.807, 2.05) is 0 Å². The summed E-state index contributed by atoms with van der Waals surface area (Å²) in [6.07, 6.45) is 0.489. The molecule has 0 radical (unpaired) electrons. The normalized spacial score (nSPS) is 18.4. The van der Waals surface area contributed by atoms with Gasteiger partial charge < -0.3 is 15.8 Å². The zero-order chi connectivity index (χ0) is 14.7. The Kier molecular flexibility index (Phi) is 3.88. The molecule has 0 spiro atoms. The minimum atomic E-state index is -0.720. The number of amides is 3. The second-order valence-corrected chi connectivity index (χ2v) is 4.44. The molecular formula is C13H15N3O4. The molecule has 1 aliphatic heterocycles. The van der Waals surface area contributed by atoms with Crippen molar-refractivity contribution in [2.75, 3.05) is 12.8 Å². The van der Waals surface area contributed by atoms with Gasteiger partial charge in [0.1, 0.15) is 11.8 Å². The summed E-state index contributed by atoms with van der Waals surface area (Å²) in [5.74, 6) is -0.944. The quantitative estimate of drug-likeness (QED) is 0.524. The van der Waals surface area contributed by atoms with Gasteiger partial charge in [0, 0.05) is 18.2 Å². The maximum absolute atomic E-state index is 12.1. The topological polar surface area (TPSA) is 111 Å². The van der Waals surface area contributed by atoms with Gasteiger partial charge in [-0.2, -0.15) is 0 Å².